The number of nitrogens with two attached hydrogens (primary N) is 1. The first-order chi connectivity index (χ1) is 9.40. The molecule has 3 nitrogen and oxygen atoms in total. The number of para-hydroxylation sites is 1. The number of hydrogen-bond acceptors (Lipinski definition) is 3. The molecular weight excluding hydrogens is 236 g/mol. The second-order valence-corrected chi connectivity index (χ2v) is 4.57. The lowest BCUT2D eigenvalue weighted by Gasteiger charge is -2.06. The molecule has 2 heterocycles. The standard InChI is InChI=1S/C16H16N2O/c17-8-3-4-12-10-18-9-7-13(12)15-11-19-16-6-2-1-5-14(15)16/h1-2,5-7,9-11H,3-4,8,17H2. The van der Waals surface area contributed by atoms with E-state index in [1.807, 2.05) is 42.9 Å². The second kappa shape index (κ2) is 5.24. The van der Waals surface area contributed by atoms with E-state index in [0.29, 0.717) is 6.54 Å². The van der Waals surface area contributed by atoms with Gasteiger partial charge in [-0.3, -0.25) is 4.98 Å². The molecule has 0 aliphatic rings. The van der Waals surface area contributed by atoms with Gasteiger partial charge >= 0.3 is 0 Å². The Labute approximate surface area is 112 Å². The van der Waals surface area contributed by atoms with E-state index >= 15 is 0 Å². The highest BCUT2D eigenvalue weighted by Crippen LogP contribution is 2.32. The highest BCUT2D eigenvalue weighted by Gasteiger charge is 2.11. The molecule has 3 aromatic rings. The molecule has 0 spiro atoms. The Hall–Kier alpha value is -2.13. The van der Waals surface area contributed by atoms with Crippen molar-refractivity contribution in [2.45, 2.75) is 12.8 Å². The van der Waals surface area contributed by atoms with Gasteiger partial charge in [-0.05, 0) is 42.6 Å². The van der Waals surface area contributed by atoms with Gasteiger partial charge in [-0.2, -0.15) is 0 Å². The summed E-state index contributed by atoms with van der Waals surface area (Å²) >= 11 is 0. The van der Waals surface area contributed by atoms with Crippen molar-refractivity contribution in [1.29, 1.82) is 0 Å². The summed E-state index contributed by atoms with van der Waals surface area (Å²) in [5, 5.41) is 1.14. The van der Waals surface area contributed by atoms with Crippen LogP contribution in [0.3, 0.4) is 0 Å². The number of aryl methyl sites for hydroxylation is 1. The van der Waals surface area contributed by atoms with Gasteiger partial charge in [0.25, 0.3) is 0 Å². The normalized spacial score (nSPS) is 11.0. The second-order valence-electron chi connectivity index (χ2n) is 4.57. The van der Waals surface area contributed by atoms with Crippen molar-refractivity contribution in [3.63, 3.8) is 0 Å². The Bertz CT molecular complexity index is 688. The lowest BCUT2D eigenvalue weighted by molar-refractivity contribution is 0.617. The van der Waals surface area contributed by atoms with Crippen LogP contribution in [0, 0.1) is 0 Å². The summed E-state index contributed by atoms with van der Waals surface area (Å²) in [7, 11) is 0. The molecule has 0 amide bonds. The lowest BCUT2D eigenvalue weighted by Crippen LogP contribution is -2.01. The molecule has 3 rings (SSSR count). The number of aromatic nitrogens is 1. The maximum atomic E-state index is 5.62. The van der Waals surface area contributed by atoms with E-state index in [-0.39, 0.29) is 0 Å². The molecule has 3 heteroatoms. The molecule has 19 heavy (non-hydrogen) atoms. The van der Waals surface area contributed by atoms with Crippen molar-refractivity contribution in [2.75, 3.05) is 6.54 Å². The molecule has 2 N–H and O–H groups in total. The molecule has 0 saturated heterocycles. The first kappa shape index (κ1) is 11.9. The third-order valence-corrected chi connectivity index (χ3v) is 3.32. The van der Waals surface area contributed by atoms with E-state index in [0.717, 1.165) is 29.4 Å². The maximum Gasteiger partial charge on any atom is 0.134 e. The molecule has 0 aliphatic heterocycles. The number of benzene rings is 1. The fourth-order valence-corrected chi connectivity index (χ4v) is 2.37. The summed E-state index contributed by atoms with van der Waals surface area (Å²) in [4.78, 5) is 4.22. The molecule has 0 radical (unpaired) electrons. The van der Waals surface area contributed by atoms with Gasteiger partial charge in [0.15, 0.2) is 0 Å². The van der Waals surface area contributed by atoms with Gasteiger partial charge in [-0.1, -0.05) is 18.2 Å². The molecule has 0 bridgehead atoms. The van der Waals surface area contributed by atoms with Crippen LogP contribution in [0.5, 0.6) is 0 Å². The number of rotatable bonds is 4. The molecule has 0 saturated carbocycles. The fourth-order valence-electron chi connectivity index (χ4n) is 2.37. The van der Waals surface area contributed by atoms with E-state index < -0.39 is 0 Å². The monoisotopic (exact) mass is 252 g/mol. The average Bonchev–Trinajstić information content (AvgIpc) is 2.89. The van der Waals surface area contributed by atoms with Crippen molar-refractivity contribution < 1.29 is 4.42 Å². The maximum absolute atomic E-state index is 5.62. The average molecular weight is 252 g/mol. The summed E-state index contributed by atoms with van der Waals surface area (Å²) < 4.78 is 5.62. The first-order valence-electron chi connectivity index (χ1n) is 6.49. The Morgan fingerprint density at radius 2 is 2.00 bits per heavy atom. The van der Waals surface area contributed by atoms with E-state index in [1.54, 1.807) is 0 Å². The van der Waals surface area contributed by atoms with Crippen LogP contribution in [0.1, 0.15) is 12.0 Å². The number of hydrogen-bond donors (Lipinski definition) is 1. The molecule has 0 unspecified atom stereocenters. The van der Waals surface area contributed by atoms with Gasteiger partial charge in [-0.15, -0.1) is 0 Å². The van der Waals surface area contributed by atoms with Crippen LogP contribution in [0.15, 0.2) is 53.4 Å². The van der Waals surface area contributed by atoms with Crippen LogP contribution < -0.4 is 5.73 Å². The Kier molecular flexibility index (Phi) is 3.29. The number of furan rings is 1. The van der Waals surface area contributed by atoms with Gasteiger partial charge in [-0.25, -0.2) is 0 Å². The molecule has 0 atom stereocenters. The number of pyridine rings is 1. The van der Waals surface area contributed by atoms with E-state index in [4.69, 9.17) is 10.2 Å². The Balaban J connectivity index is 2.11. The molecule has 0 fully saturated rings. The summed E-state index contributed by atoms with van der Waals surface area (Å²) in [6.07, 6.45) is 7.48. The summed E-state index contributed by atoms with van der Waals surface area (Å²) in [5.74, 6) is 0. The lowest BCUT2D eigenvalue weighted by atomic mass is 9.98. The largest absolute Gasteiger partial charge is 0.464 e. The zero-order chi connectivity index (χ0) is 13.1. The van der Waals surface area contributed by atoms with Crippen molar-refractivity contribution in [3.8, 4) is 11.1 Å². The predicted octanol–water partition coefficient (Wildman–Crippen LogP) is 3.39. The van der Waals surface area contributed by atoms with Crippen molar-refractivity contribution >= 4 is 11.0 Å². The highest BCUT2D eigenvalue weighted by atomic mass is 16.3. The van der Waals surface area contributed by atoms with Crippen LogP contribution in [-0.4, -0.2) is 11.5 Å². The van der Waals surface area contributed by atoms with Gasteiger partial charge in [0.2, 0.25) is 0 Å². The summed E-state index contributed by atoms with van der Waals surface area (Å²) in [6, 6.07) is 10.1. The number of fused-ring (bicyclic) bond motifs is 1. The summed E-state index contributed by atoms with van der Waals surface area (Å²) in [5.41, 5.74) is 10.1. The van der Waals surface area contributed by atoms with Crippen LogP contribution >= 0.6 is 0 Å². The van der Waals surface area contributed by atoms with Crippen LogP contribution in [0.2, 0.25) is 0 Å². The molecule has 96 valence electrons. The van der Waals surface area contributed by atoms with Crippen LogP contribution in [0.25, 0.3) is 22.1 Å². The fraction of sp³-hybridized carbons (Fsp3) is 0.188. The van der Waals surface area contributed by atoms with E-state index in [2.05, 4.69) is 11.1 Å². The van der Waals surface area contributed by atoms with Crippen molar-refractivity contribution in [1.82, 2.24) is 4.98 Å². The summed E-state index contributed by atoms with van der Waals surface area (Å²) in [6.45, 7) is 0.695. The third-order valence-electron chi connectivity index (χ3n) is 3.32. The molecule has 1 aromatic carbocycles. The third kappa shape index (κ3) is 2.25. The minimum atomic E-state index is 0.695. The Morgan fingerprint density at radius 1 is 1.11 bits per heavy atom. The first-order valence-corrected chi connectivity index (χ1v) is 6.49. The van der Waals surface area contributed by atoms with Gasteiger partial charge in [0.1, 0.15) is 5.58 Å². The SMILES string of the molecule is NCCCc1cnccc1-c1coc2ccccc12. The molecular formula is C16H16N2O. The quantitative estimate of drug-likeness (QED) is 0.774. The van der Waals surface area contributed by atoms with E-state index in [1.165, 1.54) is 11.1 Å². The zero-order valence-corrected chi connectivity index (χ0v) is 10.7. The van der Waals surface area contributed by atoms with Gasteiger partial charge in [0.05, 0.1) is 6.26 Å². The zero-order valence-electron chi connectivity index (χ0n) is 10.7. The van der Waals surface area contributed by atoms with Crippen LogP contribution in [-0.2, 0) is 6.42 Å². The minimum Gasteiger partial charge on any atom is -0.464 e. The Morgan fingerprint density at radius 3 is 2.89 bits per heavy atom. The minimum absolute atomic E-state index is 0.695. The highest BCUT2D eigenvalue weighted by molar-refractivity contribution is 5.94. The van der Waals surface area contributed by atoms with Gasteiger partial charge in [0, 0.05) is 23.3 Å². The van der Waals surface area contributed by atoms with Crippen molar-refractivity contribution in [2.24, 2.45) is 5.73 Å². The number of nitrogens with zero attached hydrogens (tertiary/aromatic N) is 1. The van der Waals surface area contributed by atoms with E-state index in [9.17, 15) is 0 Å². The topological polar surface area (TPSA) is 52.0 Å². The van der Waals surface area contributed by atoms with Crippen LogP contribution in [0.4, 0.5) is 0 Å². The van der Waals surface area contributed by atoms with Gasteiger partial charge < -0.3 is 10.2 Å². The predicted molar refractivity (Wildman–Crippen MR) is 76.8 cm³/mol. The smallest absolute Gasteiger partial charge is 0.134 e. The molecule has 0 aliphatic carbocycles. The van der Waals surface area contributed by atoms with Crippen molar-refractivity contribution in [3.05, 3.63) is 54.6 Å². The molecule has 2 aromatic heterocycles.